The fourth-order valence-electron chi connectivity index (χ4n) is 4.54. The molecule has 2 saturated heterocycles. The number of nitrogens with one attached hydrogen (secondary N) is 1. The molecule has 0 aliphatic carbocycles. The van der Waals surface area contributed by atoms with E-state index < -0.39 is 0 Å². The maximum Gasteiger partial charge on any atom is 0.242 e. The van der Waals surface area contributed by atoms with Crippen LogP contribution in [0.4, 0.5) is 0 Å². The van der Waals surface area contributed by atoms with Crippen LogP contribution >= 0.6 is 0 Å². The number of aromatic amines is 1. The number of imidazole rings is 1. The maximum atomic E-state index is 12.8. The van der Waals surface area contributed by atoms with E-state index >= 15 is 0 Å². The molecule has 29 heavy (non-hydrogen) atoms. The Hall–Kier alpha value is -2.90. The SMILES string of the molecule is O=C1CC[C@]2(CCCN(C(=O)Cn3ccc(=O)cc3)C2)CN1CCc1cnc[nH]1. The van der Waals surface area contributed by atoms with Gasteiger partial charge in [0, 0.05) is 80.9 Å². The van der Waals surface area contributed by atoms with Gasteiger partial charge in [0.05, 0.1) is 6.33 Å². The third-order valence-corrected chi connectivity index (χ3v) is 6.15. The molecule has 2 amide bonds. The van der Waals surface area contributed by atoms with Gasteiger partial charge in [-0.3, -0.25) is 14.4 Å². The number of nitrogens with zero attached hydrogens (tertiary/aromatic N) is 4. The summed E-state index contributed by atoms with van der Waals surface area (Å²) in [5.41, 5.74) is 0.950. The summed E-state index contributed by atoms with van der Waals surface area (Å²) in [6, 6.07) is 2.94. The van der Waals surface area contributed by atoms with Gasteiger partial charge in [0.2, 0.25) is 11.8 Å². The number of piperidine rings is 2. The van der Waals surface area contributed by atoms with Crippen LogP contribution in [-0.4, -0.2) is 62.3 Å². The van der Waals surface area contributed by atoms with Gasteiger partial charge in [0.15, 0.2) is 5.43 Å². The van der Waals surface area contributed by atoms with E-state index in [1.54, 1.807) is 29.5 Å². The number of hydrogen-bond acceptors (Lipinski definition) is 4. The molecule has 2 aromatic heterocycles. The van der Waals surface area contributed by atoms with Crippen LogP contribution in [0, 0.1) is 5.41 Å². The molecule has 0 aromatic carbocycles. The highest BCUT2D eigenvalue weighted by molar-refractivity contribution is 5.78. The van der Waals surface area contributed by atoms with E-state index in [2.05, 4.69) is 9.97 Å². The molecule has 1 spiro atoms. The van der Waals surface area contributed by atoms with E-state index in [0.29, 0.717) is 26.1 Å². The summed E-state index contributed by atoms with van der Waals surface area (Å²) in [6.45, 7) is 3.07. The number of likely N-dealkylation sites (tertiary alicyclic amines) is 2. The van der Waals surface area contributed by atoms with E-state index in [9.17, 15) is 14.4 Å². The summed E-state index contributed by atoms with van der Waals surface area (Å²) >= 11 is 0. The molecule has 2 fully saturated rings. The number of amides is 2. The van der Waals surface area contributed by atoms with Crippen LogP contribution in [0.15, 0.2) is 41.8 Å². The Morgan fingerprint density at radius 3 is 2.76 bits per heavy atom. The normalized spacial score (nSPS) is 22.3. The van der Waals surface area contributed by atoms with E-state index in [-0.39, 0.29) is 29.2 Å². The van der Waals surface area contributed by atoms with Crippen molar-refractivity contribution in [2.75, 3.05) is 26.2 Å². The van der Waals surface area contributed by atoms with Crippen LogP contribution in [0.3, 0.4) is 0 Å². The van der Waals surface area contributed by atoms with Gasteiger partial charge in [-0.15, -0.1) is 0 Å². The second-order valence-corrected chi connectivity index (χ2v) is 8.27. The Morgan fingerprint density at radius 1 is 1.17 bits per heavy atom. The number of carbonyl (C=O) groups excluding carboxylic acids is 2. The highest BCUT2D eigenvalue weighted by Crippen LogP contribution is 2.39. The molecular formula is C21H27N5O3. The average molecular weight is 397 g/mol. The second-order valence-electron chi connectivity index (χ2n) is 8.27. The Labute approximate surface area is 169 Å². The number of rotatable bonds is 5. The number of carbonyl (C=O) groups is 2. The van der Waals surface area contributed by atoms with E-state index in [4.69, 9.17) is 0 Å². The molecule has 0 saturated carbocycles. The first-order chi connectivity index (χ1) is 14.0. The topological polar surface area (TPSA) is 91.3 Å². The van der Waals surface area contributed by atoms with Crippen LogP contribution in [0.1, 0.15) is 31.4 Å². The first-order valence-corrected chi connectivity index (χ1v) is 10.2. The zero-order valence-corrected chi connectivity index (χ0v) is 16.5. The maximum absolute atomic E-state index is 12.8. The van der Waals surface area contributed by atoms with Crippen molar-refractivity contribution in [1.29, 1.82) is 0 Å². The first-order valence-electron chi connectivity index (χ1n) is 10.2. The van der Waals surface area contributed by atoms with Crippen molar-refractivity contribution in [2.24, 2.45) is 5.41 Å². The minimum atomic E-state index is -0.0623. The largest absolute Gasteiger partial charge is 0.348 e. The van der Waals surface area contributed by atoms with Crippen molar-refractivity contribution in [2.45, 2.75) is 38.6 Å². The summed E-state index contributed by atoms with van der Waals surface area (Å²) in [7, 11) is 0. The van der Waals surface area contributed by atoms with Gasteiger partial charge in [-0.25, -0.2) is 4.98 Å². The smallest absolute Gasteiger partial charge is 0.242 e. The van der Waals surface area contributed by atoms with Crippen LogP contribution in [0.25, 0.3) is 0 Å². The molecule has 4 heterocycles. The van der Waals surface area contributed by atoms with Crippen molar-refractivity contribution in [3.8, 4) is 0 Å². The third kappa shape index (κ3) is 4.58. The molecule has 8 heteroatoms. The van der Waals surface area contributed by atoms with Crippen molar-refractivity contribution < 1.29 is 9.59 Å². The minimum absolute atomic E-state index is 0.0145. The highest BCUT2D eigenvalue weighted by atomic mass is 16.2. The quantitative estimate of drug-likeness (QED) is 0.816. The lowest BCUT2D eigenvalue weighted by atomic mass is 9.73. The summed E-state index contributed by atoms with van der Waals surface area (Å²) in [6.07, 6.45) is 10.9. The Balaban J connectivity index is 1.39. The zero-order valence-electron chi connectivity index (χ0n) is 16.5. The van der Waals surface area contributed by atoms with Crippen molar-refractivity contribution in [3.63, 3.8) is 0 Å². The first kappa shape index (κ1) is 19.4. The Bertz CT molecular complexity index is 902. The molecule has 154 valence electrons. The van der Waals surface area contributed by atoms with Crippen LogP contribution in [0.5, 0.6) is 0 Å². The van der Waals surface area contributed by atoms with Crippen molar-refractivity contribution in [3.05, 3.63) is 53.0 Å². The van der Waals surface area contributed by atoms with Gasteiger partial charge >= 0.3 is 0 Å². The Morgan fingerprint density at radius 2 is 2.00 bits per heavy atom. The lowest BCUT2D eigenvalue weighted by Gasteiger charge is -2.48. The predicted octanol–water partition coefficient (Wildman–Crippen LogP) is 1.05. The van der Waals surface area contributed by atoms with Gasteiger partial charge in [0.1, 0.15) is 6.54 Å². The number of hydrogen-bond donors (Lipinski definition) is 1. The predicted molar refractivity (Wildman–Crippen MR) is 107 cm³/mol. The molecular weight excluding hydrogens is 370 g/mol. The lowest BCUT2D eigenvalue weighted by molar-refractivity contribution is -0.143. The summed E-state index contributed by atoms with van der Waals surface area (Å²) in [5, 5.41) is 0. The summed E-state index contributed by atoms with van der Waals surface area (Å²) in [5.74, 6) is 0.264. The molecule has 8 nitrogen and oxygen atoms in total. The lowest BCUT2D eigenvalue weighted by Crippen LogP contribution is -2.55. The summed E-state index contributed by atoms with van der Waals surface area (Å²) < 4.78 is 1.74. The molecule has 2 aliphatic rings. The average Bonchev–Trinajstić information content (AvgIpc) is 3.24. The molecule has 2 aliphatic heterocycles. The number of pyridine rings is 1. The van der Waals surface area contributed by atoms with Gasteiger partial charge < -0.3 is 19.4 Å². The van der Waals surface area contributed by atoms with Crippen LogP contribution in [0.2, 0.25) is 0 Å². The van der Waals surface area contributed by atoms with E-state index in [1.807, 2.05) is 9.80 Å². The molecule has 2 aromatic rings. The van der Waals surface area contributed by atoms with Crippen LogP contribution in [-0.2, 0) is 22.6 Å². The van der Waals surface area contributed by atoms with Gasteiger partial charge in [-0.05, 0) is 19.3 Å². The zero-order chi connectivity index (χ0) is 20.3. The molecule has 1 N–H and O–H groups in total. The van der Waals surface area contributed by atoms with Gasteiger partial charge in [-0.1, -0.05) is 0 Å². The summed E-state index contributed by atoms with van der Waals surface area (Å²) in [4.78, 5) is 47.6. The van der Waals surface area contributed by atoms with Gasteiger partial charge in [0.25, 0.3) is 0 Å². The highest BCUT2D eigenvalue weighted by Gasteiger charge is 2.42. The number of H-pyrrole nitrogens is 1. The fraction of sp³-hybridized carbons (Fsp3) is 0.524. The molecule has 4 rings (SSSR count). The van der Waals surface area contributed by atoms with E-state index in [0.717, 1.165) is 37.9 Å². The standard InChI is InChI=1S/C21H27N5O3/c27-18-4-9-24(10-5-18)13-20(29)25-8-1-6-21(14-25)7-2-19(28)26(15-21)11-3-17-12-22-16-23-17/h4-5,9-10,12,16H,1-3,6-8,11,13-15H2,(H,22,23)/t21-/m0/s1. The third-order valence-electron chi connectivity index (χ3n) is 6.15. The monoisotopic (exact) mass is 397 g/mol. The fourth-order valence-corrected chi connectivity index (χ4v) is 4.54. The Kier molecular flexibility index (Phi) is 5.51. The number of aromatic nitrogens is 3. The van der Waals surface area contributed by atoms with Crippen molar-refractivity contribution in [1.82, 2.24) is 24.3 Å². The van der Waals surface area contributed by atoms with Gasteiger partial charge in [-0.2, -0.15) is 0 Å². The van der Waals surface area contributed by atoms with E-state index in [1.165, 1.54) is 12.1 Å². The molecule has 1 atom stereocenters. The molecule has 0 radical (unpaired) electrons. The molecule has 0 bridgehead atoms. The second kappa shape index (κ2) is 8.23. The van der Waals surface area contributed by atoms with Crippen LogP contribution < -0.4 is 5.43 Å². The molecule has 0 unspecified atom stereocenters. The minimum Gasteiger partial charge on any atom is -0.348 e. The van der Waals surface area contributed by atoms with Crippen molar-refractivity contribution >= 4 is 11.8 Å².